The fraction of sp³-hybridized carbons (Fsp3) is 0.333. The largest absolute Gasteiger partial charge is 0.481 e. The van der Waals surface area contributed by atoms with Crippen molar-refractivity contribution in [1.29, 1.82) is 0 Å². The zero-order chi connectivity index (χ0) is 15.6. The zero-order valence-electron chi connectivity index (χ0n) is 10.8. The Bertz CT molecular complexity index is 601. The number of carbonyl (C=O) groups excluding carboxylic acids is 1. The predicted molar refractivity (Wildman–Crippen MR) is 77.1 cm³/mol. The smallest absolute Gasteiger partial charge is 0.321 e. The number of nitrogens with zero attached hydrogens (tertiary/aromatic N) is 2. The Morgan fingerprint density at radius 2 is 2.14 bits per heavy atom. The third kappa shape index (κ3) is 3.69. The van der Waals surface area contributed by atoms with Gasteiger partial charge >= 0.3 is 12.0 Å². The van der Waals surface area contributed by atoms with E-state index in [0.29, 0.717) is 23.2 Å². The van der Waals surface area contributed by atoms with Gasteiger partial charge in [-0.05, 0) is 22.0 Å². The van der Waals surface area contributed by atoms with Crippen LogP contribution in [-0.4, -0.2) is 40.0 Å². The number of carboxylic acids is 1. The van der Waals surface area contributed by atoms with Gasteiger partial charge in [-0.25, -0.2) is 4.79 Å². The molecular formula is C12H12BrN3O5. The lowest BCUT2D eigenvalue weighted by Gasteiger charge is -2.38. The Hall–Kier alpha value is -2.16. The van der Waals surface area contributed by atoms with Crippen molar-refractivity contribution in [2.24, 2.45) is 5.92 Å². The van der Waals surface area contributed by atoms with E-state index in [-0.39, 0.29) is 18.0 Å². The number of carbonyl (C=O) groups is 2. The van der Waals surface area contributed by atoms with Crippen molar-refractivity contribution in [3.63, 3.8) is 0 Å². The van der Waals surface area contributed by atoms with Gasteiger partial charge in [0, 0.05) is 35.6 Å². The number of non-ortho nitro benzene ring substituents is 1. The van der Waals surface area contributed by atoms with Gasteiger partial charge in [-0.1, -0.05) is 0 Å². The van der Waals surface area contributed by atoms with Gasteiger partial charge in [0.2, 0.25) is 0 Å². The van der Waals surface area contributed by atoms with Gasteiger partial charge in [-0.15, -0.1) is 0 Å². The fourth-order valence-corrected chi connectivity index (χ4v) is 2.37. The van der Waals surface area contributed by atoms with Crippen LogP contribution in [0.1, 0.15) is 6.42 Å². The molecule has 2 amide bonds. The quantitative estimate of drug-likeness (QED) is 0.633. The Morgan fingerprint density at radius 1 is 1.48 bits per heavy atom. The van der Waals surface area contributed by atoms with Crippen LogP contribution in [0.15, 0.2) is 22.7 Å². The standard InChI is InChI=1S/C12H12BrN3O5/c13-9-2-1-8(16(20)21)4-10(9)14-12(19)15-5-7(6-15)3-11(17)18/h1-2,4,7H,3,5-6H2,(H,14,19)(H,17,18). The molecule has 1 fully saturated rings. The summed E-state index contributed by atoms with van der Waals surface area (Å²) in [6, 6.07) is 3.66. The molecule has 8 nitrogen and oxygen atoms in total. The van der Waals surface area contributed by atoms with Crippen molar-refractivity contribution in [2.75, 3.05) is 18.4 Å². The van der Waals surface area contributed by atoms with Crippen molar-refractivity contribution in [1.82, 2.24) is 4.90 Å². The van der Waals surface area contributed by atoms with E-state index in [1.165, 1.54) is 23.1 Å². The summed E-state index contributed by atoms with van der Waals surface area (Å²) < 4.78 is 0.532. The molecule has 1 heterocycles. The Labute approximate surface area is 128 Å². The number of nitro benzene ring substituents is 1. The highest BCUT2D eigenvalue weighted by Crippen LogP contribution is 2.28. The third-order valence-corrected chi connectivity index (χ3v) is 3.80. The first-order valence-corrected chi connectivity index (χ1v) is 6.87. The lowest BCUT2D eigenvalue weighted by atomic mass is 9.97. The summed E-state index contributed by atoms with van der Waals surface area (Å²) in [5, 5.41) is 21.9. The minimum absolute atomic E-state index is 0.0320. The molecular weight excluding hydrogens is 346 g/mol. The molecule has 2 N–H and O–H groups in total. The van der Waals surface area contributed by atoms with Gasteiger partial charge in [0.25, 0.3) is 5.69 Å². The normalized spacial score (nSPS) is 14.4. The summed E-state index contributed by atoms with van der Waals surface area (Å²) in [4.78, 5) is 34.1. The molecule has 1 aliphatic heterocycles. The number of likely N-dealkylation sites (tertiary alicyclic amines) is 1. The first kappa shape index (κ1) is 15.2. The number of carboxylic acid groups (broad SMARTS) is 1. The number of nitro groups is 1. The van der Waals surface area contributed by atoms with Crippen LogP contribution in [0.25, 0.3) is 0 Å². The number of nitrogens with one attached hydrogen (secondary N) is 1. The highest BCUT2D eigenvalue weighted by molar-refractivity contribution is 9.10. The van der Waals surface area contributed by atoms with Gasteiger partial charge in [0.15, 0.2) is 0 Å². The monoisotopic (exact) mass is 357 g/mol. The molecule has 1 aromatic rings. The number of halogens is 1. The summed E-state index contributed by atoms with van der Waals surface area (Å²) in [5.41, 5.74) is 0.178. The van der Waals surface area contributed by atoms with E-state index in [9.17, 15) is 19.7 Å². The molecule has 0 aliphatic carbocycles. The van der Waals surface area contributed by atoms with E-state index in [4.69, 9.17) is 5.11 Å². The number of benzene rings is 1. The molecule has 21 heavy (non-hydrogen) atoms. The molecule has 1 aliphatic rings. The van der Waals surface area contributed by atoms with E-state index in [1.807, 2.05) is 0 Å². The van der Waals surface area contributed by atoms with Crippen LogP contribution in [0.5, 0.6) is 0 Å². The van der Waals surface area contributed by atoms with E-state index >= 15 is 0 Å². The number of aliphatic carboxylic acids is 1. The van der Waals surface area contributed by atoms with Crippen LogP contribution in [0.2, 0.25) is 0 Å². The number of hydrogen-bond donors (Lipinski definition) is 2. The lowest BCUT2D eigenvalue weighted by molar-refractivity contribution is -0.384. The SMILES string of the molecule is O=C(O)CC1CN(C(=O)Nc2cc([N+](=O)[O-])ccc2Br)C1. The molecule has 0 spiro atoms. The van der Waals surface area contributed by atoms with Gasteiger partial charge in [-0.2, -0.15) is 0 Å². The van der Waals surface area contributed by atoms with Crippen LogP contribution in [0.4, 0.5) is 16.2 Å². The highest BCUT2D eigenvalue weighted by Gasteiger charge is 2.32. The Morgan fingerprint density at radius 3 is 2.71 bits per heavy atom. The van der Waals surface area contributed by atoms with Crippen molar-refractivity contribution < 1.29 is 19.6 Å². The number of anilines is 1. The maximum absolute atomic E-state index is 11.9. The van der Waals surface area contributed by atoms with Crippen LogP contribution < -0.4 is 5.32 Å². The summed E-state index contributed by atoms with van der Waals surface area (Å²) in [6.07, 6.45) is 0.0320. The summed E-state index contributed by atoms with van der Waals surface area (Å²) in [6.45, 7) is 0.732. The van der Waals surface area contributed by atoms with Crippen molar-refractivity contribution in [2.45, 2.75) is 6.42 Å². The van der Waals surface area contributed by atoms with Crippen LogP contribution in [0.3, 0.4) is 0 Å². The number of rotatable bonds is 4. The van der Waals surface area contributed by atoms with E-state index in [0.717, 1.165) is 0 Å². The molecule has 0 bridgehead atoms. The van der Waals surface area contributed by atoms with Gasteiger partial charge in [0.1, 0.15) is 0 Å². The first-order chi connectivity index (χ1) is 9.86. The number of hydrogen-bond acceptors (Lipinski definition) is 4. The molecule has 0 atom stereocenters. The maximum Gasteiger partial charge on any atom is 0.321 e. The molecule has 0 radical (unpaired) electrons. The average molecular weight is 358 g/mol. The highest BCUT2D eigenvalue weighted by atomic mass is 79.9. The minimum atomic E-state index is -0.888. The molecule has 1 saturated heterocycles. The first-order valence-electron chi connectivity index (χ1n) is 6.08. The van der Waals surface area contributed by atoms with Gasteiger partial charge < -0.3 is 15.3 Å². The number of urea groups is 1. The fourth-order valence-electron chi connectivity index (χ4n) is 2.03. The molecule has 1 aromatic carbocycles. The maximum atomic E-state index is 11.9. The summed E-state index contributed by atoms with van der Waals surface area (Å²) in [5.74, 6) is -0.928. The van der Waals surface area contributed by atoms with E-state index in [1.54, 1.807) is 0 Å². The molecule has 0 aromatic heterocycles. The second-order valence-electron chi connectivity index (χ2n) is 4.72. The van der Waals surface area contributed by atoms with Crippen molar-refractivity contribution in [3.05, 3.63) is 32.8 Å². The molecule has 112 valence electrons. The van der Waals surface area contributed by atoms with Crippen molar-refractivity contribution >= 4 is 39.3 Å². The second-order valence-corrected chi connectivity index (χ2v) is 5.57. The lowest BCUT2D eigenvalue weighted by Crippen LogP contribution is -2.52. The predicted octanol–water partition coefficient (Wildman–Crippen LogP) is 2.30. The zero-order valence-corrected chi connectivity index (χ0v) is 12.4. The number of amides is 2. The molecule has 0 saturated carbocycles. The molecule has 2 rings (SSSR count). The molecule has 9 heteroatoms. The summed E-state index contributed by atoms with van der Waals surface area (Å²) >= 11 is 3.21. The third-order valence-electron chi connectivity index (χ3n) is 3.11. The topological polar surface area (TPSA) is 113 Å². The van der Waals surface area contributed by atoms with Gasteiger partial charge in [0.05, 0.1) is 17.0 Å². The Kier molecular flexibility index (Phi) is 4.41. The second kappa shape index (κ2) is 6.08. The van der Waals surface area contributed by atoms with Gasteiger partial charge in [-0.3, -0.25) is 14.9 Å². The van der Waals surface area contributed by atoms with Crippen LogP contribution in [0, 0.1) is 16.0 Å². The molecule has 0 unspecified atom stereocenters. The van der Waals surface area contributed by atoms with Crippen LogP contribution in [-0.2, 0) is 4.79 Å². The summed E-state index contributed by atoms with van der Waals surface area (Å²) in [7, 11) is 0. The van der Waals surface area contributed by atoms with Crippen LogP contribution >= 0.6 is 15.9 Å². The Balaban J connectivity index is 1.96. The average Bonchev–Trinajstić information content (AvgIpc) is 2.35. The van der Waals surface area contributed by atoms with E-state index < -0.39 is 16.9 Å². The van der Waals surface area contributed by atoms with Crippen molar-refractivity contribution in [3.8, 4) is 0 Å². The van der Waals surface area contributed by atoms with E-state index in [2.05, 4.69) is 21.2 Å². The minimum Gasteiger partial charge on any atom is -0.481 e.